The van der Waals surface area contributed by atoms with E-state index in [4.69, 9.17) is 0 Å². The summed E-state index contributed by atoms with van der Waals surface area (Å²) in [7, 11) is 7.92. The first kappa shape index (κ1) is 13.4. The van der Waals surface area contributed by atoms with Crippen molar-refractivity contribution in [3.63, 3.8) is 0 Å². The average Bonchev–Trinajstić information content (AvgIpc) is 2.23. The summed E-state index contributed by atoms with van der Waals surface area (Å²) < 4.78 is 0. The maximum absolute atomic E-state index is 9.35. The summed E-state index contributed by atoms with van der Waals surface area (Å²) in [6.45, 7) is 0.717. The van der Waals surface area contributed by atoms with Crippen molar-refractivity contribution >= 4 is 5.96 Å². The number of hydrogen-bond acceptors (Lipinski definition) is 2. The summed E-state index contributed by atoms with van der Waals surface area (Å²) >= 11 is 0. The minimum atomic E-state index is 0.312. The number of nitrogens with zero attached hydrogens (tertiary/aromatic N) is 3. The van der Waals surface area contributed by atoms with Crippen LogP contribution in [0.1, 0.15) is 5.56 Å². The number of phenols is 1. The maximum Gasteiger partial charge on any atom is 0.195 e. The number of phenolic OH excluding ortho intramolecular Hbond substituents is 1. The van der Waals surface area contributed by atoms with Gasteiger partial charge in [0.05, 0.1) is 0 Å². The summed E-state index contributed by atoms with van der Waals surface area (Å²) in [6.07, 6.45) is 0.833. The van der Waals surface area contributed by atoms with Crippen molar-refractivity contribution in [1.82, 2.24) is 9.80 Å². The quantitative estimate of drug-likeness (QED) is 0.636. The maximum atomic E-state index is 9.35. The first-order valence-electron chi connectivity index (χ1n) is 5.67. The molecular weight excluding hydrogens is 214 g/mol. The molecule has 17 heavy (non-hydrogen) atoms. The van der Waals surface area contributed by atoms with E-state index in [1.807, 2.05) is 50.1 Å². The Labute approximate surface area is 103 Å². The summed E-state index contributed by atoms with van der Waals surface area (Å²) in [5, 5.41) is 9.35. The molecule has 0 bridgehead atoms. The zero-order chi connectivity index (χ0) is 12.8. The summed E-state index contributed by atoms with van der Waals surface area (Å²) in [5.41, 5.74) is 1.10. The highest BCUT2D eigenvalue weighted by Gasteiger charge is 2.03. The lowest BCUT2D eigenvalue weighted by atomic mass is 10.1. The molecular formula is C13H21N3O. The predicted molar refractivity (Wildman–Crippen MR) is 71.5 cm³/mol. The van der Waals surface area contributed by atoms with Crippen LogP contribution in [0.2, 0.25) is 0 Å². The summed E-state index contributed by atoms with van der Waals surface area (Å²) in [4.78, 5) is 8.51. The van der Waals surface area contributed by atoms with Crippen LogP contribution in [-0.2, 0) is 6.42 Å². The minimum Gasteiger partial charge on any atom is -0.508 e. The SMILES string of the molecule is CN(C)C(=NCCc1cccc(O)c1)N(C)C. The van der Waals surface area contributed by atoms with Gasteiger partial charge in [0.15, 0.2) is 5.96 Å². The van der Waals surface area contributed by atoms with Gasteiger partial charge >= 0.3 is 0 Å². The molecule has 4 heteroatoms. The molecule has 94 valence electrons. The van der Waals surface area contributed by atoms with Crippen molar-refractivity contribution in [1.29, 1.82) is 0 Å². The van der Waals surface area contributed by atoms with Crippen LogP contribution in [0.15, 0.2) is 29.3 Å². The highest BCUT2D eigenvalue weighted by atomic mass is 16.3. The van der Waals surface area contributed by atoms with Crippen LogP contribution >= 0.6 is 0 Å². The van der Waals surface area contributed by atoms with E-state index in [0.717, 1.165) is 24.5 Å². The van der Waals surface area contributed by atoms with Crippen LogP contribution in [-0.4, -0.2) is 55.6 Å². The Morgan fingerprint density at radius 2 is 1.82 bits per heavy atom. The van der Waals surface area contributed by atoms with E-state index in [0.29, 0.717) is 5.75 Å². The van der Waals surface area contributed by atoms with Crippen molar-refractivity contribution in [2.45, 2.75) is 6.42 Å². The highest BCUT2D eigenvalue weighted by molar-refractivity contribution is 5.79. The molecule has 0 aliphatic rings. The lowest BCUT2D eigenvalue weighted by molar-refractivity contribution is 0.474. The van der Waals surface area contributed by atoms with Crippen molar-refractivity contribution < 1.29 is 5.11 Å². The molecule has 0 saturated carbocycles. The molecule has 0 atom stereocenters. The van der Waals surface area contributed by atoms with Gasteiger partial charge in [0, 0.05) is 34.7 Å². The topological polar surface area (TPSA) is 39.1 Å². The van der Waals surface area contributed by atoms with Gasteiger partial charge in [-0.3, -0.25) is 4.99 Å². The van der Waals surface area contributed by atoms with E-state index >= 15 is 0 Å². The number of benzene rings is 1. The van der Waals surface area contributed by atoms with Gasteiger partial charge in [0.1, 0.15) is 5.75 Å². The van der Waals surface area contributed by atoms with Gasteiger partial charge < -0.3 is 14.9 Å². The summed E-state index contributed by atoms with van der Waals surface area (Å²) in [6, 6.07) is 7.31. The Bertz CT molecular complexity index is 376. The third kappa shape index (κ3) is 4.34. The third-order valence-electron chi connectivity index (χ3n) is 2.36. The largest absolute Gasteiger partial charge is 0.508 e. The van der Waals surface area contributed by atoms with Crippen LogP contribution in [0.3, 0.4) is 0 Å². The molecule has 0 heterocycles. The van der Waals surface area contributed by atoms with Crippen molar-refractivity contribution in [3.05, 3.63) is 29.8 Å². The zero-order valence-corrected chi connectivity index (χ0v) is 11.0. The van der Waals surface area contributed by atoms with Crippen LogP contribution in [0, 0.1) is 0 Å². The first-order chi connectivity index (χ1) is 8.00. The highest BCUT2D eigenvalue weighted by Crippen LogP contribution is 2.11. The van der Waals surface area contributed by atoms with Gasteiger partial charge in [-0.25, -0.2) is 0 Å². The number of guanidine groups is 1. The summed E-state index contributed by atoms with van der Waals surface area (Å²) in [5.74, 6) is 1.26. The molecule has 0 spiro atoms. The molecule has 0 aliphatic heterocycles. The van der Waals surface area contributed by atoms with Gasteiger partial charge in [0.25, 0.3) is 0 Å². The van der Waals surface area contributed by atoms with Gasteiger partial charge in [-0.05, 0) is 24.1 Å². The van der Waals surface area contributed by atoms with Crippen LogP contribution in [0.25, 0.3) is 0 Å². The normalized spacial score (nSPS) is 9.88. The van der Waals surface area contributed by atoms with Crippen molar-refractivity contribution in [3.8, 4) is 5.75 Å². The monoisotopic (exact) mass is 235 g/mol. The number of aromatic hydroxyl groups is 1. The van der Waals surface area contributed by atoms with E-state index in [1.54, 1.807) is 12.1 Å². The molecule has 0 fully saturated rings. The fourth-order valence-corrected chi connectivity index (χ4v) is 1.68. The van der Waals surface area contributed by atoms with Crippen LogP contribution < -0.4 is 0 Å². The lowest BCUT2D eigenvalue weighted by Crippen LogP contribution is -2.35. The molecule has 1 aromatic rings. The number of rotatable bonds is 3. The molecule has 1 aromatic carbocycles. The standard InChI is InChI=1S/C13H21N3O/c1-15(2)13(16(3)4)14-9-8-11-6-5-7-12(17)10-11/h5-7,10,17H,8-9H2,1-4H3. The zero-order valence-electron chi connectivity index (χ0n) is 11.0. The van der Waals surface area contributed by atoms with E-state index < -0.39 is 0 Å². The lowest BCUT2D eigenvalue weighted by Gasteiger charge is -2.22. The van der Waals surface area contributed by atoms with E-state index in [9.17, 15) is 5.11 Å². The number of hydrogen-bond donors (Lipinski definition) is 1. The molecule has 4 nitrogen and oxygen atoms in total. The minimum absolute atomic E-state index is 0.312. The van der Waals surface area contributed by atoms with Crippen LogP contribution in [0.5, 0.6) is 5.75 Å². The molecule has 0 aliphatic carbocycles. The van der Waals surface area contributed by atoms with Gasteiger partial charge in [0.2, 0.25) is 0 Å². The second kappa shape index (κ2) is 6.13. The first-order valence-corrected chi connectivity index (χ1v) is 5.67. The molecule has 0 amide bonds. The van der Waals surface area contributed by atoms with Crippen molar-refractivity contribution in [2.75, 3.05) is 34.7 Å². The molecule has 0 radical (unpaired) electrons. The smallest absolute Gasteiger partial charge is 0.195 e. The Kier molecular flexibility index (Phi) is 4.82. The van der Waals surface area contributed by atoms with Crippen molar-refractivity contribution in [2.24, 2.45) is 4.99 Å². The molecule has 0 saturated heterocycles. The Morgan fingerprint density at radius 1 is 1.18 bits per heavy atom. The second-order valence-corrected chi connectivity index (χ2v) is 4.39. The van der Waals surface area contributed by atoms with E-state index in [1.165, 1.54) is 0 Å². The van der Waals surface area contributed by atoms with E-state index in [2.05, 4.69) is 4.99 Å². The van der Waals surface area contributed by atoms with Crippen LogP contribution in [0.4, 0.5) is 0 Å². The van der Waals surface area contributed by atoms with Gasteiger partial charge in [-0.1, -0.05) is 12.1 Å². The molecule has 1 rings (SSSR count). The van der Waals surface area contributed by atoms with Gasteiger partial charge in [-0.15, -0.1) is 0 Å². The van der Waals surface area contributed by atoms with Gasteiger partial charge in [-0.2, -0.15) is 0 Å². The average molecular weight is 235 g/mol. The Hall–Kier alpha value is -1.71. The predicted octanol–water partition coefficient (Wildman–Crippen LogP) is 1.41. The fraction of sp³-hybridized carbons (Fsp3) is 0.462. The Balaban J connectivity index is 2.59. The number of aliphatic imine (C=N–C) groups is 1. The third-order valence-corrected chi connectivity index (χ3v) is 2.36. The molecule has 0 aromatic heterocycles. The molecule has 1 N–H and O–H groups in total. The Morgan fingerprint density at radius 3 is 2.35 bits per heavy atom. The van der Waals surface area contributed by atoms with E-state index in [-0.39, 0.29) is 0 Å². The fourth-order valence-electron chi connectivity index (χ4n) is 1.68. The molecule has 0 unspecified atom stereocenters. The second-order valence-electron chi connectivity index (χ2n) is 4.39.